The number of nitrogens with zero attached hydrogens (tertiary/aromatic N) is 1. The molecule has 4 fully saturated rings. The van der Waals surface area contributed by atoms with Crippen molar-refractivity contribution >= 4 is 21.8 Å². The molecule has 0 radical (unpaired) electrons. The number of hydrogen-bond acceptors (Lipinski definition) is 3. The van der Waals surface area contributed by atoms with Crippen LogP contribution in [0.25, 0.3) is 0 Å². The summed E-state index contributed by atoms with van der Waals surface area (Å²) < 4.78 is 6.91. The number of carbonyl (C=O) groups is 1. The van der Waals surface area contributed by atoms with Gasteiger partial charge in [-0.3, -0.25) is 9.78 Å². The molecular formula is C18H23BrN2O2. The minimum atomic E-state index is -0.164. The lowest BCUT2D eigenvalue weighted by atomic mass is 9.49. The van der Waals surface area contributed by atoms with E-state index in [4.69, 9.17) is 4.74 Å². The number of aromatic nitrogens is 1. The smallest absolute Gasteiger partial charge is 0.252 e. The van der Waals surface area contributed by atoms with Crippen LogP contribution in [0.3, 0.4) is 0 Å². The van der Waals surface area contributed by atoms with Gasteiger partial charge in [-0.2, -0.15) is 0 Å². The van der Waals surface area contributed by atoms with Gasteiger partial charge >= 0.3 is 0 Å². The van der Waals surface area contributed by atoms with Crippen LogP contribution in [0.1, 0.15) is 42.5 Å². The van der Waals surface area contributed by atoms with Gasteiger partial charge in [0.15, 0.2) is 0 Å². The highest BCUT2D eigenvalue weighted by Crippen LogP contribution is 2.59. The molecule has 5 rings (SSSR count). The molecule has 0 spiro atoms. The molecule has 4 bridgehead atoms. The van der Waals surface area contributed by atoms with Crippen LogP contribution in [0.2, 0.25) is 0 Å². The first kappa shape index (κ1) is 15.6. The molecule has 4 saturated carbocycles. The van der Waals surface area contributed by atoms with Crippen molar-refractivity contribution in [2.45, 2.75) is 37.7 Å². The standard InChI is InChI=1S/C18H23BrN2O2/c1-23-18(10-21-17(22)13-7-16(19)9-20-8-13)14-3-11-2-12(5-14)6-15(18)4-11/h7-9,11-12,14-15H,2-6,10H2,1H3,(H,21,22). The highest BCUT2D eigenvalue weighted by molar-refractivity contribution is 9.10. The summed E-state index contributed by atoms with van der Waals surface area (Å²) in [5.41, 5.74) is 0.428. The van der Waals surface area contributed by atoms with Crippen LogP contribution >= 0.6 is 15.9 Å². The molecule has 1 amide bonds. The number of ether oxygens (including phenoxy) is 1. The summed E-state index contributed by atoms with van der Waals surface area (Å²) in [6, 6.07) is 1.80. The second-order valence-corrected chi connectivity index (χ2v) is 8.45. The molecule has 1 heterocycles. The first-order valence-electron chi connectivity index (χ1n) is 8.54. The molecule has 4 aliphatic rings. The summed E-state index contributed by atoms with van der Waals surface area (Å²) in [6.45, 7) is 0.615. The highest BCUT2D eigenvalue weighted by atomic mass is 79.9. The summed E-state index contributed by atoms with van der Waals surface area (Å²) in [5, 5.41) is 3.12. The number of amides is 1. The minimum Gasteiger partial charge on any atom is -0.376 e. The molecule has 5 heteroatoms. The van der Waals surface area contributed by atoms with Crippen LogP contribution in [0.5, 0.6) is 0 Å². The lowest BCUT2D eigenvalue weighted by Crippen LogP contribution is -2.63. The van der Waals surface area contributed by atoms with Crippen molar-refractivity contribution < 1.29 is 9.53 Å². The third kappa shape index (κ3) is 2.62. The van der Waals surface area contributed by atoms with Crippen molar-refractivity contribution in [3.63, 3.8) is 0 Å². The Morgan fingerprint density at radius 2 is 1.91 bits per heavy atom. The van der Waals surface area contributed by atoms with E-state index in [2.05, 4.69) is 26.2 Å². The Kier molecular flexibility index (Phi) is 3.96. The molecule has 1 N–H and O–H groups in total. The SMILES string of the molecule is COC1(CNC(=O)c2cncc(Br)c2)C2CC3CC(C2)CC1C3. The fraction of sp³-hybridized carbons (Fsp3) is 0.667. The molecule has 1 aromatic heterocycles. The maximum absolute atomic E-state index is 12.5. The van der Waals surface area contributed by atoms with E-state index in [0.717, 1.165) is 16.3 Å². The number of methoxy groups -OCH3 is 1. The second kappa shape index (κ2) is 5.85. The van der Waals surface area contributed by atoms with E-state index in [1.165, 1.54) is 32.1 Å². The molecule has 0 aliphatic heterocycles. The van der Waals surface area contributed by atoms with Crippen molar-refractivity contribution in [2.24, 2.45) is 23.7 Å². The Morgan fingerprint density at radius 3 is 2.48 bits per heavy atom. The zero-order valence-electron chi connectivity index (χ0n) is 13.4. The van der Waals surface area contributed by atoms with E-state index in [9.17, 15) is 4.79 Å². The summed E-state index contributed by atoms with van der Waals surface area (Å²) >= 11 is 3.37. The summed E-state index contributed by atoms with van der Waals surface area (Å²) in [4.78, 5) is 16.5. The van der Waals surface area contributed by atoms with Gasteiger partial charge in [-0.15, -0.1) is 0 Å². The van der Waals surface area contributed by atoms with Crippen LogP contribution in [-0.4, -0.2) is 30.1 Å². The topological polar surface area (TPSA) is 51.2 Å². The maximum atomic E-state index is 12.5. The summed E-state index contributed by atoms with van der Waals surface area (Å²) in [5.74, 6) is 2.93. The van der Waals surface area contributed by atoms with E-state index in [-0.39, 0.29) is 11.5 Å². The number of halogens is 1. The lowest BCUT2D eigenvalue weighted by molar-refractivity contribution is -0.186. The minimum absolute atomic E-state index is 0.0657. The number of nitrogens with one attached hydrogen (secondary N) is 1. The predicted octanol–water partition coefficient (Wildman–Crippen LogP) is 3.42. The number of pyridine rings is 1. The van der Waals surface area contributed by atoms with Gasteiger partial charge < -0.3 is 10.1 Å². The number of carbonyl (C=O) groups excluding carboxylic acids is 1. The zero-order valence-corrected chi connectivity index (χ0v) is 15.0. The average molecular weight is 379 g/mol. The Hall–Kier alpha value is -0.940. The van der Waals surface area contributed by atoms with E-state index < -0.39 is 0 Å². The Bertz CT molecular complexity index is 591. The largest absolute Gasteiger partial charge is 0.376 e. The second-order valence-electron chi connectivity index (χ2n) is 7.54. The van der Waals surface area contributed by atoms with Crippen LogP contribution in [0.15, 0.2) is 22.9 Å². The first-order valence-corrected chi connectivity index (χ1v) is 9.34. The quantitative estimate of drug-likeness (QED) is 0.872. The molecule has 23 heavy (non-hydrogen) atoms. The number of rotatable bonds is 4. The van der Waals surface area contributed by atoms with Gasteiger partial charge in [0.05, 0.1) is 11.2 Å². The Balaban J connectivity index is 1.49. The van der Waals surface area contributed by atoms with Gasteiger partial charge in [-0.05, 0) is 77.8 Å². The van der Waals surface area contributed by atoms with Crippen LogP contribution in [0, 0.1) is 23.7 Å². The monoisotopic (exact) mass is 378 g/mol. The third-order valence-electron chi connectivity index (χ3n) is 6.39. The van der Waals surface area contributed by atoms with Gasteiger partial charge in [0, 0.05) is 30.5 Å². The van der Waals surface area contributed by atoms with Gasteiger partial charge in [0.25, 0.3) is 5.91 Å². The van der Waals surface area contributed by atoms with Crippen molar-refractivity contribution in [1.82, 2.24) is 10.3 Å². The van der Waals surface area contributed by atoms with Crippen LogP contribution in [-0.2, 0) is 4.74 Å². The van der Waals surface area contributed by atoms with E-state index in [1.807, 2.05) is 7.11 Å². The van der Waals surface area contributed by atoms with Crippen molar-refractivity contribution in [1.29, 1.82) is 0 Å². The molecule has 0 unspecified atom stereocenters. The van der Waals surface area contributed by atoms with E-state index in [0.29, 0.717) is 23.9 Å². The van der Waals surface area contributed by atoms with Crippen molar-refractivity contribution in [2.75, 3.05) is 13.7 Å². The Morgan fingerprint density at radius 1 is 1.26 bits per heavy atom. The van der Waals surface area contributed by atoms with Gasteiger partial charge in [-0.1, -0.05) is 0 Å². The molecule has 1 aromatic rings. The van der Waals surface area contributed by atoms with E-state index >= 15 is 0 Å². The molecule has 4 aliphatic carbocycles. The maximum Gasteiger partial charge on any atom is 0.252 e. The average Bonchev–Trinajstić information content (AvgIpc) is 2.54. The van der Waals surface area contributed by atoms with Crippen molar-refractivity contribution in [3.8, 4) is 0 Å². The van der Waals surface area contributed by atoms with E-state index in [1.54, 1.807) is 18.5 Å². The van der Waals surface area contributed by atoms with Crippen LogP contribution in [0.4, 0.5) is 0 Å². The molecule has 124 valence electrons. The fourth-order valence-corrected chi connectivity index (χ4v) is 5.90. The fourth-order valence-electron chi connectivity index (χ4n) is 5.53. The van der Waals surface area contributed by atoms with Gasteiger partial charge in [0.2, 0.25) is 0 Å². The van der Waals surface area contributed by atoms with Gasteiger partial charge in [-0.25, -0.2) is 0 Å². The van der Waals surface area contributed by atoms with Gasteiger partial charge in [0.1, 0.15) is 0 Å². The molecule has 0 aromatic carbocycles. The first-order chi connectivity index (χ1) is 11.1. The summed E-state index contributed by atoms with van der Waals surface area (Å²) in [6.07, 6.45) is 9.80. The highest BCUT2D eigenvalue weighted by Gasteiger charge is 2.57. The lowest BCUT2D eigenvalue weighted by Gasteiger charge is -2.60. The molecule has 4 nitrogen and oxygen atoms in total. The molecule has 0 atom stereocenters. The molecular weight excluding hydrogens is 356 g/mol. The predicted molar refractivity (Wildman–Crippen MR) is 91.1 cm³/mol. The normalized spacial score (nSPS) is 37.8. The number of hydrogen-bond donors (Lipinski definition) is 1. The van der Waals surface area contributed by atoms with Crippen molar-refractivity contribution in [3.05, 3.63) is 28.5 Å². The molecule has 0 saturated heterocycles. The van der Waals surface area contributed by atoms with Crippen LogP contribution < -0.4 is 5.32 Å². The summed E-state index contributed by atoms with van der Waals surface area (Å²) in [7, 11) is 1.83. The third-order valence-corrected chi connectivity index (χ3v) is 6.83. The zero-order chi connectivity index (χ0) is 16.0. The Labute approximate surface area is 145 Å².